The normalized spacial score (nSPS) is 16.7. The Kier molecular flexibility index (Phi) is 19.2. The minimum atomic E-state index is -0.462. The summed E-state index contributed by atoms with van der Waals surface area (Å²) in [7, 11) is 0. The summed E-state index contributed by atoms with van der Waals surface area (Å²) in [5, 5.41) is 14.1. The number of nitrogens with zero attached hydrogens (tertiary/aromatic N) is 1. The Morgan fingerprint density at radius 3 is 1.88 bits per heavy atom. The first-order valence-corrected chi connectivity index (χ1v) is 13.9. The standard InChI is InChI=1S/C27H54N2O3/c1-3-5-7-9-11-13-14-16-18-26(30)25(24-29-20-22-32-23-21-29)28-27(31)19-17-15-12-10-8-6-4-2/h25-26,30H,3-24H2,1-2H3,(H,28,31)/t25-,26-/m0/s1. The van der Waals surface area contributed by atoms with Crippen LogP contribution in [0.25, 0.3) is 0 Å². The summed E-state index contributed by atoms with van der Waals surface area (Å²) >= 11 is 0. The Balaban J connectivity index is 2.30. The van der Waals surface area contributed by atoms with Crippen molar-refractivity contribution in [3.63, 3.8) is 0 Å². The molecule has 1 heterocycles. The number of morpholine rings is 1. The van der Waals surface area contributed by atoms with Gasteiger partial charge in [-0.3, -0.25) is 9.69 Å². The molecule has 5 heteroatoms. The molecule has 5 nitrogen and oxygen atoms in total. The third-order valence-electron chi connectivity index (χ3n) is 6.73. The van der Waals surface area contributed by atoms with Gasteiger partial charge in [0.05, 0.1) is 25.4 Å². The number of aliphatic hydroxyl groups excluding tert-OH is 1. The van der Waals surface area contributed by atoms with Crippen molar-refractivity contribution in [1.82, 2.24) is 10.2 Å². The summed E-state index contributed by atoms with van der Waals surface area (Å²) in [6.45, 7) is 8.47. The predicted molar refractivity (Wildman–Crippen MR) is 135 cm³/mol. The van der Waals surface area contributed by atoms with Crippen LogP contribution in [0.15, 0.2) is 0 Å². The second-order valence-electron chi connectivity index (χ2n) is 9.79. The molecule has 2 atom stereocenters. The zero-order chi connectivity index (χ0) is 23.3. The van der Waals surface area contributed by atoms with E-state index in [1.807, 2.05) is 0 Å². The van der Waals surface area contributed by atoms with Gasteiger partial charge in [-0.25, -0.2) is 0 Å². The van der Waals surface area contributed by atoms with Crippen LogP contribution >= 0.6 is 0 Å². The second kappa shape index (κ2) is 20.9. The van der Waals surface area contributed by atoms with Gasteiger partial charge in [-0.05, 0) is 12.8 Å². The van der Waals surface area contributed by atoms with E-state index >= 15 is 0 Å². The number of rotatable bonds is 21. The summed E-state index contributed by atoms with van der Waals surface area (Å²) in [4.78, 5) is 14.9. The molecule has 1 aliphatic rings. The van der Waals surface area contributed by atoms with E-state index < -0.39 is 6.10 Å². The first-order chi connectivity index (χ1) is 15.7. The van der Waals surface area contributed by atoms with Crippen molar-refractivity contribution in [2.45, 2.75) is 135 Å². The molecule has 1 aliphatic heterocycles. The SMILES string of the molecule is CCCCCCCCCC[C@H](O)[C@H](CN1CCOCC1)NC(=O)CCCCCCCCC. The fraction of sp³-hybridized carbons (Fsp3) is 0.963. The summed E-state index contributed by atoms with van der Waals surface area (Å²) in [6, 6.07) is -0.172. The molecule has 1 fully saturated rings. The minimum Gasteiger partial charge on any atom is -0.391 e. The van der Waals surface area contributed by atoms with Crippen molar-refractivity contribution in [3.05, 3.63) is 0 Å². The monoisotopic (exact) mass is 454 g/mol. The quantitative estimate of drug-likeness (QED) is 0.214. The zero-order valence-corrected chi connectivity index (χ0v) is 21.4. The first kappa shape index (κ1) is 29.4. The maximum absolute atomic E-state index is 12.6. The topological polar surface area (TPSA) is 61.8 Å². The third kappa shape index (κ3) is 16.0. The number of nitrogens with one attached hydrogen (secondary N) is 1. The molecule has 0 bridgehead atoms. The second-order valence-corrected chi connectivity index (χ2v) is 9.79. The molecule has 2 N–H and O–H groups in total. The third-order valence-corrected chi connectivity index (χ3v) is 6.73. The molecule has 0 aromatic rings. The van der Waals surface area contributed by atoms with Crippen molar-refractivity contribution in [2.75, 3.05) is 32.8 Å². The first-order valence-electron chi connectivity index (χ1n) is 13.9. The van der Waals surface area contributed by atoms with Crippen molar-refractivity contribution in [1.29, 1.82) is 0 Å². The van der Waals surface area contributed by atoms with Crippen molar-refractivity contribution < 1.29 is 14.6 Å². The Hall–Kier alpha value is -0.650. The number of amides is 1. The fourth-order valence-electron chi connectivity index (χ4n) is 4.54. The molecule has 0 aliphatic carbocycles. The summed E-state index contributed by atoms with van der Waals surface area (Å²) < 4.78 is 5.46. The van der Waals surface area contributed by atoms with Gasteiger partial charge >= 0.3 is 0 Å². The molecule has 1 rings (SSSR count). The number of hydrogen-bond acceptors (Lipinski definition) is 4. The number of unbranched alkanes of at least 4 members (excludes halogenated alkanes) is 13. The minimum absolute atomic E-state index is 0.104. The van der Waals surface area contributed by atoms with E-state index in [1.54, 1.807) is 0 Å². The molecule has 0 radical (unpaired) electrons. The average molecular weight is 455 g/mol. The van der Waals surface area contributed by atoms with E-state index in [2.05, 4.69) is 24.1 Å². The molecule has 1 saturated heterocycles. The van der Waals surface area contributed by atoms with Crippen LogP contribution in [0, 0.1) is 0 Å². The van der Waals surface area contributed by atoms with E-state index in [-0.39, 0.29) is 11.9 Å². The highest BCUT2D eigenvalue weighted by molar-refractivity contribution is 5.76. The van der Waals surface area contributed by atoms with Crippen LogP contribution in [0.4, 0.5) is 0 Å². The van der Waals surface area contributed by atoms with E-state index in [0.29, 0.717) is 6.42 Å². The summed E-state index contributed by atoms with van der Waals surface area (Å²) in [5.74, 6) is 0.104. The Morgan fingerprint density at radius 1 is 0.812 bits per heavy atom. The van der Waals surface area contributed by atoms with E-state index in [9.17, 15) is 9.90 Å². The maximum Gasteiger partial charge on any atom is 0.220 e. The van der Waals surface area contributed by atoms with E-state index in [1.165, 1.54) is 77.0 Å². The molecule has 0 saturated carbocycles. The fourth-order valence-corrected chi connectivity index (χ4v) is 4.54. The van der Waals surface area contributed by atoms with Gasteiger partial charge < -0.3 is 15.2 Å². The highest BCUT2D eigenvalue weighted by Crippen LogP contribution is 2.14. The van der Waals surface area contributed by atoms with Gasteiger partial charge in [0, 0.05) is 26.1 Å². The number of carbonyl (C=O) groups is 1. The molecular weight excluding hydrogens is 400 g/mol. The smallest absolute Gasteiger partial charge is 0.220 e. The van der Waals surface area contributed by atoms with Gasteiger partial charge in [-0.2, -0.15) is 0 Å². The van der Waals surface area contributed by atoms with Gasteiger partial charge in [-0.15, -0.1) is 0 Å². The largest absolute Gasteiger partial charge is 0.391 e. The zero-order valence-electron chi connectivity index (χ0n) is 21.4. The summed E-state index contributed by atoms with van der Waals surface area (Å²) in [6.07, 6.45) is 19.5. The van der Waals surface area contributed by atoms with Crippen molar-refractivity contribution >= 4 is 5.91 Å². The van der Waals surface area contributed by atoms with Crippen LogP contribution in [0.2, 0.25) is 0 Å². The summed E-state index contributed by atoms with van der Waals surface area (Å²) in [5.41, 5.74) is 0. The maximum atomic E-state index is 12.6. The van der Waals surface area contributed by atoms with Gasteiger partial charge in [0.2, 0.25) is 5.91 Å². The van der Waals surface area contributed by atoms with Crippen LogP contribution in [0.5, 0.6) is 0 Å². The van der Waals surface area contributed by atoms with Crippen LogP contribution in [-0.4, -0.2) is 60.9 Å². The number of ether oxygens (including phenoxy) is 1. The molecule has 0 aromatic carbocycles. The lowest BCUT2D eigenvalue weighted by molar-refractivity contribution is -0.123. The highest BCUT2D eigenvalue weighted by Gasteiger charge is 2.24. The van der Waals surface area contributed by atoms with Gasteiger partial charge in [0.1, 0.15) is 0 Å². The van der Waals surface area contributed by atoms with Crippen molar-refractivity contribution in [3.8, 4) is 0 Å². The predicted octanol–water partition coefficient (Wildman–Crippen LogP) is 5.84. The highest BCUT2D eigenvalue weighted by atomic mass is 16.5. The van der Waals surface area contributed by atoms with Crippen LogP contribution < -0.4 is 5.32 Å². The lowest BCUT2D eigenvalue weighted by Gasteiger charge is -2.33. The molecule has 1 amide bonds. The van der Waals surface area contributed by atoms with Gasteiger partial charge in [0.25, 0.3) is 0 Å². The molecule has 190 valence electrons. The Bertz CT molecular complexity index is 427. The van der Waals surface area contributed by atoms with Crippen LogP contribution in [0.3, 0.4) is 0 Å². The molecule has 0 unspecified atom stereocenters. The van der Waals surface area contributed by atoms with E-state index in [0.717, 1.165) is 58.5 Å². The lowest BCUT2D eigenvalue weighted by Crippen LogP contribution is -2.52. The van der Waals surface area contributed by atoms with Gasteiger partial charge in [0.15, 0.2) is 0 Å². The molecule has 32 heavy (non-hydrogen) atoms. The Morgan fingerprint density at radius 2 is 1.31 bits per heavy atom. The average Bonchev–Trinajstić information content (AvgIpc) is 2.80. The van der Waals surface area contributed by atoms with E-state index in [4.69, 9.17) is 4.74 Å². The van der Waals surface area contributed by atoms with Crippen LogP contribution in [0.1, 0.15) is 123 Å². The number of aliphatic hydroxyl groups is 1. The molecular formula is C27H54N2O3. The van der Waals surface area contributed by atoms with Gasteiger partial charge in [-0.1, -0.05) is 104 Å². The Labute approximate surface area is 199 Å². The number of carbonyl (C=O) groups excluding carboxylic acids is 1. The number of hydrogen-bond donors (Lipinski definition) is 2. The molecule has 0 spiro atoms. The van der Waals surface area contributed by atoms with Crippen LogP contribution in [-0.2, 0) is 9.53 Å². The molecule has 0 aromatic heterocycles. The van der Waals surface area contributed by atoms with Crippen molar-refractivity contribution in [2.24, 2.45) is 0 Å². The lowest BCUT2D eigenvalue weighted by atomic mass is 10.0.